The first-order chi connectivity index (χ1) is 10.2. The first-order valence-electron chi connectivity index (χ1n) is 7.16. The summed E-state index contributed by atoms with van der Waals surface area (Å²) in [7, 11) is 0. The minimum Gasteiger partial charge on any atom is -0.479 e. The number of carbonyl (C=O) groups excluding carboxylic acids is 2. The number of carbonyl (C=O) groups is 3. The quantitative estimate of drug-likeness (QED) is 0.662. The van der Waals surface area contributed by atoms with Gasteiger partial charge in [-0.05, 0) is 6.92 Å². The maximum Gasteiger partial charge on any atom is 0.335 e. The van der Waals surface area contributed by atoms with Gasteiger partial charge in [-0.1, -0.05) is 13.8 Å². The lowest BCUT2D eigenvalue weighted by Gasteiger charge is -2.41. The normalized spacial score (nSPS) is 27.5. The van der Waals surface area contributed by atoms with E-state index in [1.54, 1.807) is 13.8 Å². The summed E-state index contributed by atoms with van der Waals surface area (Å²) in [4.78, 5) is 34.3. The van der Waals surface area contributed by atoms with Gasteiger partial charge in [-0.3, -0.25) is 9.59 Å². The Morgan fingerprint density at radius 2 is 1.68 bits per heavy atom. The second-order valence-electron chi connectivity index (χ2n) is 5.29. The molecule has 126 valence electrons. The molecule has 0 bridgehead atoms. The molecule has 0 saturated carbocycles. The summed E-state index contributed by atoms with van der Waals surface area (Å²) in [5.41, 5.74) is -2.18. The highest BCUT2D eigenvalue weighted by Gasteiger charge is 2.51. The molecule has 0 amide bonds. The Bertz CT molecular complexity index is 431. The van der Waals surface area contributed by atoms with Crippen molar-refractivity contribution in [3.8, 4) is 0 Å². The zero-order chi connectivity index (χ0) is 16.9. The fourth-order valence-electron chi connectivity index (χ4n) is 2.15. The Balaban J connectivity index is 3.04. The van der Waals surface area contributed by atoms with Crippen LogP contribution in [0.5, 0.6) is 0 Å². The molecule has 8 heteroatoms. The number of rotatable bonds is 6. The van der Waals surface area contributed by atoms with E-state index in [-0.39, 0.29) is 26.1 Å². The Morgan fingerprint density at radius 1 is 1.14 bits per heavy atom. The van der Waals surface area contributed by atoms with Crippen molar-refractivity contribution < 1.29 is 38.8 Å². The van der Waals surface area contributed by atoms with Crippen LogP contribution in [0.25, 0.3) is 0 Å². The molecule has 0 aromatic heterocycles. The standard InChI is InChI=1S/C14H22O8/c1-4-10(15)21-9-7-20-6-8(14(3,19)13(17)18)12(9)22-11(16)5-2/h8-9,12,19H,4-7H2,1-3H3,(H,17,18)/t8?,9-,12-,14?/m1/s1. The fraction of sp³-hybridized carbons (Fsp3) is 0.786. The number of esters is 2. The van der Waals surface area contributed by atoms with Crippen molar-refractivity contribution in [1.82, 2.24) is 0 Å². The highest BCUT2D eigenvalue weighted by molar-refractivity contribution is 5.77. The number of aliphatic carboxylic acids is 1. The van der Waals surface area contributed by atoms with Gasteiger partial charge < -0.3 is 24.4 Å². The Labute approximate surface area is 128 Å². The summed E-state index contributed by atoms with van der Waals surface area (Å²) >= 11 is 0. The molecule has 22 heavy (non-hydrogen) atoms. The van der Waals surface area contributed by atoms with Crippen molar-refractivity contribution in [1.29, 1.82) is 0 Å². The van der Waals surface area contributed by atoms with E-state index in [4.69, 9.17) is 19.3 Å². The van der Waals surface area contributed by atoms with E-state index in [0.717, 1.165) is 6.92 Å². The average molecular weight is 318 g/mol. The van der Waals surface area contributed by atoms with E-state index in [2.05, 4.69) is 0 Å². The Hall–Kier alpha value is -1.67. The van der Waals surface area contributed by atoms with Crippen LogP contribution in [-0.2, 0) is 28.6 Å². The third-order valence-corrected chi connectivity index (χ3v) is 3.63. The van der Waals surface area contributed by atoms with Gasteiger partial charge in [-0.15, -0.1) is 0 Å². The predicted octanol–water partition coefficient (Wildman–Crippen LogP) is 0.112. The Kier molecular flexibility index (Phi) is 6.31. The summed E-state index contributed by atoms with van der Waals surface area (Å²) in [6, 6.07) is 0. The van der Waals surface area contributed by atoms with E-state index >= 15 is 0 Å². The van der Waals surface area contributed by atoms with Gasteiger partial charge in [0.05, 0.1) is 19.1 Å². The predicted molar refractivity (Wildman–Crippen MR) is 72.9 cm³/mol. The van der Waals surface area contributed by atoms with Crippen molar-refractivity contribution in [2.24, 2.45) is 5.92 Å². The van der Waals surface area contributed by atoms with Crippen molar-refractivity contribution in [2.75, 3.05) is 13.2 Å². The topological polar surface area (TPSA) is 119 Å². The van der Waals surface area contributed by atoms with E-state index < -0.39 is 41.6 Å². The molecule has 8 nitrogen and oxygen atoms in total. The Morgan fingerprint density at radius 3 is 2.18 bits per heavy atom. The van der Waals surface area contributed by atoms with Crippen LogP contribution in [0.3, 0.4) is 0 Å². The molecule has 0 aromatic carbocycles. The molecule has 0 aliphatic carbocycles. The van der Waals surface area contributed by atoms with Crippen LogP contribution in [0.1, 0.15) is 33.6 Å². The molecular formula is C14H22O8. The SMILES string of the molecule is CCC(=O)O[C@@H]1C(C(C)(O)C(=O)O)COC[C@H]1OC(=O)CC. The number of ether oxygens (including phenoxy) is 3. The minimum atomic E-state index is -2.18. The molecule has 2 N–H and O–H groups in total. The average Bonchev–Trinajstić information content (AvgIpc) is 2.48. The van der Waals surface area contributed by atoms with E-state index in [0.29, 0.717) is 0 Å². The smallest absolute Gasteiger partial charge is 0.335 e. The number of aliphatic hydroxyl groups is 1. The monoisotopic (exact) mass is 318 g/mol. The molecule has 0 spiro atoms. The highest BCUT2D eigenvalue weighted by atomic mass is 16.6. The van der Waals surface area contributed by atoms with Crippen LogP contribution in [-0.4, -0.2) is 59.1 Å². The number of carboxylic acids is 1. The summed E-state index contributed by atoms with van der Waals surface area (Å²) in [6.07, 6.45) is -1.84. The molecule has 1 aliphatic rings. The van der Waals surface area contributed by atoms with Gasteiger partial charge in [0, 0.05) is 12.8 Å². The van der Waals surface area contributed by atoms with Crippen LogP contribution >= 0.6 is 0 Å². The number of hydrogen-bond acceptors (Lipinski definition) is 7. The van der Waals surface area contributed by atoms with Crippen LogP contribution in [0.2, 0.25) is 0 Å². The van der Waals surface area contributed by atoms with Gasteiger partial charge in [0.25, 0.3) is 0 Å². The van der Waals surface area contributed by atoms with Crippen LogP contribution in [0.15, 0.2) is 0 Å². The van der Waals surface area contributed by atoms with Gasteiger partial charge >= 0.3 is 17.9 Å². The molecule has 1 rings (SSSR count). The molecule has 0 radical (unpaired) electrons. The molecular weight excluding hydrogens is 296 g/mol. The first kappa shape index (κ1) is 18.4. The third kappa shape index (κ3) is 4.17. The zero-order valence-electron chi connectivity index (χ0n) is 12.9. The minimum absolute atomic E-state index is 0.0282. The highest BCUT2D eigenvalue weighted by Crippen LogP contribution is 2.31. The number of carboxylic acid groups (broad SMARTS) is 1. The van der Waals surface area contributed by atoms with Crippen molar-refractivity contribution in [3.05, 3.63) is 0 Å². The summed E-state index contributed by atoms with van der Waals surface area (Å²) in [5, 5.41) is 19.3. The van der Waals surface area contributed by atoms with Gasteiger partial charge in [-0.2, -0.15) is 0 Å². The number of hydrogen-bond donors (Lipinski definition) is 2. The van der Waals surface area contributed by atoms with E-state index in [1.165, 1.54) is 0 Å². The second kappa shape index (κ2) is 7.55. The lowest BCUT2D eigenvalue weighted by atomic mass is 9.81. The van der Waals surface area contributed by atoms with Crippen molar-refractivity contribution in [2.45, 2.75) is 51.4 Å². The molecule has 1 heterocycles. The van der Waals surface area contributed by atoms with Gasteiger partial charge in [0.1, 0.15) is 6.10 Å². The van der Waals surface area contributed by atoms with Gasteiger partial charge in [0.15, 0.2) is 11.7 Å². The first-order valence-corrected chi connectivity index (χ1v) is 7.16. The van der Waals surface area contributed by atoms with E-state index in [9.17, 15) is 19.5 Å². The molecule has 1 fully saturated rings. The molecule has 1 saturated heterocycles. The van der Waals surface area contributed by atoms with Crippen LogP contribution in [0, 0.1) is 5.92 Å². The summed E-state index contributed by atoms with van der Waals surface area (Å²) in [5.74, 6) is -3.62. The van der Waals surface area contributed by atoms with Crippen molar-refractivity contribution in [3.63, 3.8) is 0 Å². The lowest BCUT2D eigenvalue weighted by Crippen LogP contribution is -2.59. The van der Waals surface area contributed by atoms with Crippen LogP contribution in [0.4, 0.5) is 0 Å². The largest absolute Gasteiger partial charge is 0.479 e. The van der Waals surface area contributed by atoms with Gasteiger partial charge in [0.2, 0.25) is 0 Å². The molecule has 2 unspecified atom stereocenters. The fourth-order valence-corrected chi connectivity index (χ4v) is 2.15. The van der Waals surface area contributed by atoms with Crippen molar-refractivity contribution >= 4 is 17.9 Å². The zero-order valence-corrected chi connectivity index (χ0v) is 12.9. The second-order valence-corrected chi connectivity index (χ2v) is 5.29. The molecule has 1 aliphatic heterocycles. The lowest BCUT2D eigenvalue weighted by molar-refractivity contribution is -0.216. The summed E-state index contributed by atoms with van der Waals surface area (Å²) in [6.45, 7) is 4.13. The maximum atomic E-state index is 11.6. The maximum absolute atomic E-state index is 11.6. The molecule has 4 atom stereocenters. The van der Waals surface area contributed by atoms with Gasteiger partial charge in [-0.25, -0.2) is 4.79 Å². The van der Waals surface area contributed by atoms with E-state index in [1.807, 2.05) is 0 Å². The third-order valence-electron chi connectivity index (χ3n) is 3.63. The van der Waals surface area contributed by atoms with Crippen LogP contribution < -0.4 is 0 Å². The molecule has 0 aromatic rings. The summed E-state index contributed by atoms with van der Waals surface area (Å²) < 4.78 is 15.6.